The number of amides is 1. The van der Waals surface area contributed by atoms with Gasteiger partial charge in [0.05, 0.1) is 5.75 Å². The van der Waals surface area contributed by atoms with Gasteiger partial charge in [-0.2, -0.15) is 0 Å². The summed E-state index contributed by atoms with van der Waals surface area (Å²) in [6.45, 7) is 1.35. The van der Waals surface area contributed by atoms with Gasteiger partial charge in [0.25, 0.3) is 10.0 Å². The summed E-state index contributed by atoms with van der Waals surface area (Å²) < 4.78 is 23.3. The van der Waals surface area contributed by atoms with E-state index in [9.17, 15) is 13.2 Å². The first-order valence-electron chi connectivity index (χ1n) is 3.73. The molecular formula is C5H9N5O3S. The third-order valence-corrected chi connectivity index (χ3v) is 2.81. The summed E-state index contributed by atoms with van der Waals surface area (Å²) >= 11 is 0. The van der Waals surface area contributed by atoms with Crippen LogP contribution in [0.4, 0.5) is 0 Å². The van der Waals surface area contributed by atoms with Crippen molar-refractivity contribution in [1.82, 2.24) is 24.9 Å². The van der Waals surface area contributed by atoms with Gasteiger partial charge < -0.3 is 5.32 Å². The second kappa shape index (κ2) is 4.13. The standard InChI is InChI=1S/C5H9N5O3S/c1-5(11)6-2-3-14(12,13)10-4-7-8-9-10/h4H,2-3H2,1H3,(H,6,11). The van der Waals surface area contributed by atoms with Crippen LogP contribution in [0.5, 0.6) is 0 Å². The lowest BCUT2D eigenvalue weighted by molar-refractivity contribution is -0.118. The van der Waals surface area contributed by atoms with E-state index in [4.69, 9.17) is 0 Å². The summed E-state index contributed by atoms with van der Waals surface area (Å²) in [5.74, 6) is -0.519. The number of tetrazole rings is 1. The first-order valence-corrected chi connectivity index (χ1v) is 5.34. The van der Waals surface area contributed by atoms with Gasteiger partial charge in [0, 0.05) is 13.5 Å². The predicted octanol–water partition coefficient (Wildman–Crippen LogP) is -2.01. The van der Waals surface area contributed by atoms with Crippen molar-refractivity contribution in [3.05, 3.63) is 6.33 Å². The van der Waals surface area contributed by atoms with E-state index in [1.165, 1.54) is 6.92 Å². The second-order valence-electron chi connectivity index (χ2n) is 2.48. The highest BCUT2D eigenvalue weighted by molar-refractivity contribution is 7.89. The maximum absolute atomic E-state index is 11.3. The molecule has 1 heterocycles. The first kappa shape index (κ1) is 10.6. The van der Waals surface area contributed by atoms with E-state index in [1.54, 1.807) is 0 Å². The Morgan fingerprint density at radius 1 is 1.57 bits per heavy atom. The number of aromatic nitrogens is 4. The molecule has 1 aromatic heterocycles. The lowest BCUT2D eigenvalue weighted by atomic mass is 10.6. The van der Waals surface area contributed by atoms with Crippen molar-refractivity contribution in [3.8, 4) is 0 Å². The molecule has 1 amide bonds. The van der Waals surface area contributed by atoms with Crippen molar-refractivity contribution >= 4 is 15.9 Å². The largest absolute Gasteiger partial charge is 0.355 e. The average molecular weight is 219 g/mol. The van der Waals surface area contributed by atoms with Gasteiger partial charge in [-0.05, 0) is 10.4 Å². The predicted molar refractivity (Wildman–Crippen MR) is 45.7 cm³/mol. The molecule has 0 aliphatic rings. The number of hydrogen-bond acceptors (Lipinski definition) is 6. The zero-order chi connectivity index (χ0) is 10.6. The van der Waals surface area contributed by atoms with Crippen LogP contribution in [0.15, 0.2) is 6.33 Å². The van der Waals surface area contributed by atoms with Gasteiger partial charge in [-0.25, -0.2) is 8.42 Å². The summed E-state index contributed by atoms with van der Waals surface area (Å²) in [6, 6.07) is 0. The molecule has 1 N–H and O–H groups in total. The minimum absolute atomic E-state index is 0.0392. The maximum Gasteiger partial charge on any atom is 0.258 e. The van der Waals surface area contributed by atoms with Gasteiger partial charge in [0.2, 0.25) is 5.91 Å². The summed E-state index contributed by atoms with van der Waals surface area (Å²) in [6.07, 6.45) is 0.989. The van der Waals surface area contributed by atoms with E-state index in [-0.39, 0.29) is 18.2 Å². The van der Waals surface area contributed by atoms with Crippen LogP contribution in [0.25, 0.3) is 0 Å². The molecular weight excluding hydrogens is 210 g/mol. The smallest absolute Gasteiger partial charge is 0.258 e. The van der Waals surface area contributed by atoms with Crippen molar-refractivity contribution in [2.45, 2.75) is 6.92 Å². The van der Waals surface area contributed by atoms with Gasteiger partial charge in [-0.3, -0.25) is 4.79 Å². The Morgan fingerprint density at radius 3 is 2.79 bits per heavy atom. The lowest BCUT2D eigenvalue weighted by Crippen LogP contribution is -2.29. The highest BCUT2D eigenvalue weighted by atomic mass is 32.2. The Hall–Kier alpha value is -1.51. The van der Waals surface area contributed by atoms with Gasteiger partial charge in [-0.15, -0.1) is 9.19 Å². The van der Waals surface area contributed by atoms with Crippen LogP contribution in [-0.2, 0) is 14.8 Å². The molecule has 0 fully saturated rings. The van der Waals surface area contributed by atoms with Crippen LogP contribution in [0.3, 0.4) is 0 Å². The summed E-state index contributed by atoms with van der Waals surface area (Å²) in [7, 11) is -3.55. The van der Waals surface area contributed by atoms with Crippen LogP contribution < -0.4 is 5.32 Å². The topological polar surface area (TPSA) is 107 Å². The molecule has 0 aliphatic carbocycles. The van der Waals surface area contributed by atoms with E-state index in [2.05, 4.69) is 20.8 Å². The molecule has 8 nitrogen and oxygen atoms in total. The Bertz CT molecular complexity index is 397. The molecule has 78 valence electrons. The maximum atomic E-state index is 11.3. The Labute approximate surface area is 80.3 Å². The molecule has 0 spiro atoms. The number of carbonyl (C=O) groups excluding carboxylic acids is 1. The molecule has 0 saturated carbocycles. The Kier molecular flexibility index (Phi) is 3.12. The molecule has 0 aliphatic heterocycles. The van der Waals surface area contributed by atoms with Crippen molar-refractivity contribution < 1.29 is 13.2 Å². The Morgan fingerprint density at radius 2 is 2.29 bits per heavy atom. The third-order valence-electron chi connectivity index (χ3n) is 1.35. The fraction of sp³-hybridized carbons (Fsp3) is 0.600. The number of nitrogens with zero attached hydrogens (tertiary/aromatic N) is 4. The highest BCUT2D eigenvalue weighted by Gasteiger charge is 2.13. The van der Waals surface area contributed by atoms with Crippen LogP contribution in [0.1, 0.15) is 6.92 Å². The van der Waals surface area contributed by atoms with E-state index in [0.29, 0.717) is 4.09 Å². The first-order chi connectivity index (χ1) is 6.52. The molecule has 0 atom stereocenters. The molecule has 14 heavy (non-hydrogen) atoms. The molecule has 0 bridgehead atoms. The lowest BCUT2D eigenvalue weighted by Gasteiger charge is -2.02. The van der Waals surface area contributed by atoms with Gasteiger partial charge in [0.15, 0.2) is 6.33 Å². The van der Waals surface area contributed by atoms with E-state index < -0.39 is 10.0 Å². The summed E-state index contributed by atoms with van der Waals surface area (Å²) in [5.41, 5.74) is 0. The average Bonchev–Trinajstić information content (AvgIpc) is 2.54. The molecule has 9 heteroatoms. The van der Waals surface area contributed by atoms with Gasteiger partial charge >= 0.3 is 0 Å². The number of hydrogen-bond donors (Lipinski definition) is 1. The minimum Gasteiger partial charge on any atom is -0.355 e. The molecule has 0 radical (unpaired) electrons. The van der Waals surface area contributed by atoms with Gasteiger partial charge in [0.1, 0.15) is 0 Å². The quantitative estimate of drug-likeness (QED) is 0.626. The number of rotatable bonds is 4. The minimum atomic E-state index is -3.55. The third kappa shape index (κ3) is 2.76. The summed E-state index contributed by atoms with van der Waals surface area (Å²) in [4.78, 5) is 10.5. The fourth-order valence-corrected chi connectivity index (χ4v) is 1.61. The second-order valence-corrected chi connectivity index (χ2v) is 4.43. The Balaban J connectivity index is 2.56. The van der Waals surface area contributed by atoms with Crippen molar-refractivity contribution in [1.29, 1.82) is 0 Å². The zero-order valence-corrected chi connectivity index (χ0v) is 8.23. The highest BCUT2D eigenvalue weighted by Crippen LogP contribution is 1.90. The van der Waals surface area contributed by atoms with Crippen molar-refractivity contribution in [2.24, 2.45) is 0 Å². The normalized spacial score (nSPS) is 11.2. The summed E-state index contributed by atoms with van der Waals surface area (Å²) in [5, 5.41) is 12.0. The molecule has 1 rings (SSSR count). The van der Waals surface area contributed by atoms with Crippen LogP contribution >= 0.6 is 0 Å². The number of carbonyl (C=O) groups is 1. The van der Waals surface area contributed by atoms with Crippen LogP contribution in [0, 0.1) is 0 Å². The van der Waals surface area contributed by atoms with Gasteiger partial charge in [-0.1, -0.05) is 0 Å². The van der Waals surface area contributed by atoms with E-state index in [1.807, 2.05) is 0 Å². The van der Waals surface area contributed by atoms with E-state index >= 15 is 0 Å². The number of nitrogens with one attached hydrogen (secondary N) is 1. The zero-order valence-electron chi connectivity index (χ0n) is 7.41. The van der Waals surface area contributed by atoms with Crippen molar-refractivity contribution in [3.63, 3.8) is 0 Å². The molecule has 1 aromatic rings. The van der Waals surface area contributed by atoms with Crippen LogP contribution in [-0.4, -0.2) is 46.2 Å². The van der Waals surface area contributed by atoms with Crippen LogP contribution in [0.2, 0.25) is 0 Å². The molecule has 0 aromatic carbocycles. The fourth-order valence-electron chi connectivity index (χ4n) is 0.730. The SMILES string of the molecule is CC(=O)NCCS(=O)(=O)n1cnnn1. The molecule has 0 saturated heterocycles. The van der Waals surface area contributed by atoms with Crippen molar-refractivity contribution in [2.75, 3.05) is 12.3 Å². The monoisotopic (exact) mass is 219 g/mol. The molecule has 0 unspecified atom stereocenters. The van der Waals surface area contributed by atoms with E-state index in [0.717, 1.165) is 6.33 Å².